The first-order valence-corrected chi connectivity index (χ1v) is 11.1. The summed E-state index contributed by atoms with van der Waals surface area (Å²) in [5, 5.41) is 8.56. The van der Waals surface area contributed by atoms with Crippen LogP contribution in [-0.4, -0.2) is 75.3 Å². The third-order valence-corrected chi connectivity index (χ3v) is 4.89. The van der Waals surface area contributed by atoms with E-state index in [2.05, 4.69) is 20.9 Å². The van der Waals surface area contributed by atoms with Crippen LogP contribution in [-0.2, 0) is 4.79 Å². The van der Waals surface area contributed by atoms with Crippen LogP contribution in [0.2, 0.25) is 0 Å². The van der Waals surface area contributed by atoms with Gasteiger partial charge in [0.05, 0.1) is 0 Å². The molecule has 0 aromatic heterocycles. The van der Waals surface area contributed by atoms with Gasteiger partial charge >= 0.3 is 0 Å². The SMILES string of the molecule is CN(C)CCCNC(=O)c1cccc(C(=O)Nc2ccc(NC(=O)CCCN(C)C)cc2)c1. The van der Waals surface area contributed by atoms with Crippen molar-refractivity contribution < 1.29 is 14.4 Å². The van der Waals surface area contributed by atoms with E-state index in [0.717, 1.165) is 25.9 Å². The molecule has 2 rings (SSSR count). The monoisotopic (exact) mass is 453 g/mol. The maximum Gasteiger partial charge on any atom is 0.255 e. The lowest BCUT2D eigenvalue weighted by Crippen LogP contribution is -2.27. The molecule has 0 heterocycles. The Labute approximate surface area is 196 Å². The Kier molecular flexibility index (Phi) is 10.5. The van der Waals surface area contributed by atoms with Crippen molar-refractivity contribution in [1.29, 1.82) is 0 Å². The largest absolute Gasteiger partial charge is 0.352 e. The summed E-state index contributed by atoms with van der Waals surface area (Å²) in [6.07, 6.45) is 2.10. The average molecular weight is 454 g/mol. The first kappa shape index (κ1) is 26.0. The van der Waals surface area contributed by atoms with Gasteiger partial charge in [0.1, 0.15) is 0 Å². The van der Waals surface area contributed by atoms with Crippen LogP contribution in [0.5, 0.6) is 0 Å². The molecular formula is C25H35N5O3. The van der Waals surface area contributed by atoms with Gasteiger partial charge in [-0.2, -0.15) is 0 Å². The molecule has 0 saturated heterocycles. The van der Waals surface area contributed by atoms with E-state index >= 15 is 0 Å². The second kappa shape index (κ2) is 13.3. The summed E-state index contributed by atoms with van der Waals surface area (Å²) in [7, 11) is 7.93. The van der Waals surface area contributed by atoms with Crippen molar-refractivity contribution in [2.75, 3.05) is 58.5 Å². The molecule has 0 atom stereocenters. The topological polar surface area (TPSA) is 93.8 Å². The van der Waals surface area contributed by atoms with Gasteiger partial charge in [-0.3, -0.25) is 14.4 Å². The van der Waals surface area contributed by atoms with Crippen LogP contribution in [0.15, 0.2) is 48.5 Å². The van der Waals surface area contributed by atoms with Crippen LogP contribution < -0.4 is 16.0 Å². The van der Waals surface area contributed by atoms with Crippen LogP contribution in [0.25, 0.3) is 0 Å². The van der Waals surface area contributed by atoms with Crippen molar-refractivity contribution in [2.45, 2.75) is 19.3 Å². The molecule has 0 radical (unpaired) electrons. The van der Waals surface area contributed by atoms with Crippen molar-refractivity contribution in [3.8, 4) is 0 Å². The molecule has 0 saturated carbocycles. The number of anilines is 2. The van der Waals surface area contributed by atoms with E-state index in [-0.39, 0.29) is 17.7 Å². The Hall–Kier alpha value is -3.23. The third kappa shape index (κ3) is 9.84. The second-order valence-electron chi connectivity index (χ2n) is 8.48. The average Bonchev–Trinajstić information content (AvgIpc) is 2.77. The molecule has 2 aromatic rings. The number of amides is 3. The Morgan fingerprint density at radius 2 is 1.27 bits per heavy atom. The Morgan fingerprint density at radius 1 is 0.727 bits per heavy atom. The van der Waals surface area contributed by atoms with Gasteiger partial charge in [-0.25, -0.2) is 0 Å². The van der Waals surface area contributed by atoms with Crippen LogP contribution in [0, 0.1) is 0 Å². The van der Waals surface area contributed by atoms with Crippen molar-refractivity contribution >= 4 is 29.1 Å². The molecular weight excluding hydrogens is 418 g/mol. The number of rotatable bonds is 12. The summed E-state index contributed by atoms with van der Waals surface area (Å²) in [5.41, 5.74) is 2.12. The minimum Gasteiger partial charge on any atom is -0.352 e. The van der Waals surface area contributed by atoms with E-state index < -0.39 is 0 Å². The molecule has 33 heavy (non-hydrogen) atoms. The third-order valence-electron chi connectivity index (χ3n) is 4.89. The van der Waals surface area contributed by atoms with Crippen molar-refractivity contribution in [1.82, 2.24) is 15.1 Å². The number of hydrogen-bond donors (Lipinski definition) is 3. The van der Waals surface area contributed by atoms with E-state index in [9.17, 15) is 14.4 Å². The summed E-state index contributed by atoms with van der Waals surface area (Å²) >= 11 is 0. The molecule has 178 valence electrons. The zero-order valence-electron chi connectivity index (χ0n) is 20.0. The number of carbonyl (C=O) groups excluding carboxylic acids is 3. The highest BCUT2D eigenvalue weighted by atomic mass is 16.2. The number of benzene rings is 2. The summed E-state index contributed by atoms with van der Waals surface area (Å²) in [6, 6.07) is 13.6. The maximum atomic E-state index is 12.6. The molecule has 8 heteroatoms. The Bertz CT molecular complexity index is 926. The Morgan fingerprint density at radius 3 is 1.88 bits per heavy atom. The molecule has 0 spiro atoms. The molecule has 2 aromatic carbocycles. The zero-order chi connectivity index (χ0) is 24.2. The summed E-state index contributed by atoms with van der Waals surface area (Å²) in [6.45, 7) is 2.32. The highest BCUT2D eigenvalue weighted by Crippen LogP contribution is 2.16. The normalized spacial score (nSPS) is 10.8. The summed E-state index contributed by atoms with van der Waals surface area (Å²) in [4.78, 5) is 41.1. The van der Waals surface area contributed by atoms with E-state index in [0.29, 0.717) is 35.5 Å². The van der Waals surface area contributed by atoms with Gasteiger partial charge in [0, 0.05) is 35.5 Å². The fourth-order valence-electron chi connectivity index (χ4n) is 3.12. The summed E-state index contributed by atoms with van der Waals surface area (Å²) < 4.78 is 0. The van der Waals surface area contributed by atoms with Crippen LogP contribution in [0.3, 0.4) is 0 Å². The maximum absolute atomic E-state index is 12.6. The zero-order valence-corrected chi connectivity index (χ0v) is 20.0. The van der Waals surface area contributed by atoms with E-state index in [1.165, 1.54) is 0 Å². The molecule has 3 amide bonds. The fourth-order valence-corrected chi connectivity index (χ4v) is 3.12. The molecule has 0 fully saturated rings. The number of hydrogen-bond acceptors (Lipinski definition) is 5. The first-order valence-electron chi connectivity index (χ1n) is 11.1. The number of carbonyl (C=O) groups is 3. The van der Waals surface area contributed by atoms with Gasteiger partial charge in [0.15, 0.2) is 0 Å². The smallest absolute Gasteiger partial charge is 0.255 e. The predicted octanol–water partition coefficient (Wildman–Crippen LogP) is 2.90. The van der Waals surface area contributed by atoms with Gasteiger partial charge in [-0.1, -0.05) is 6.07 Å². The lowest BCUT2D eigenvalue weighted by Gasteiger charge is -2.11. The van der Waals surface area contributed by atoms with Crippen LogP contribution >= 0.6 is 0 Å². The van der Waals surface area contributed by atoms with Gasteiger partial charge in [0.25, 0.3) is 11.8 Å². The molecule has 3 N–H and O–H groups in total. The second-order valence-corrected chi connectivity index (χ2v) is 8.48. The standard InChI is InChI=1S/C25H35N5O3/c1-29(2)16-6-10-23(31)27-21-11-13-22(14-12-21)28-25(33)20-9-5-8-19(18-20)24(32)26-15-7-17-30(3)4/h5,8-9,11-14,18H,6-7,10,15-17H2,1-4H3,(H,26,32)(H,27,31)(H,28,33). The van der Waals surface area contributed by atoms with Crippen LogP contribution in [0.1, 0.15) is 40.0 Å². The Balaban J connectivity index is 1.87. The summed E-state index contributed by atoms with van der Waals surface area (Å²) in [5.74, 6) is -0.544. The van der Waals surface area contributed by atoms with E-state index in [1.807, 2.05) is 33.1 Å². The number of nitrogens with zero attached hydrogens (tertiary/aromatic N) is 2. The van der Waals surface area contributed by atoms with Gasteiger partial charge in [-0.05, 0) is 96.6 Å². The van der Waals surface area contributed by atoms with Crippen LogP contribution in [0.4, 0.5) is 11.4 Å². The lowest BCUT2D eigenvalue weighted by molar-refractivity contribution is -0.116. The molecule has 0 aliphatic heterocycles. The highest BCUT2D eigenvalue weighted by molar-refractivity contribution is 6.06. The molecule has 0 unspecified atom stereocenters. The van der Waals surface area contributed by atoms with Gasteiger partial charge < -0.3 is 25.8 Å². The van der Waals surface area contributed by atoms with Gasteiger partial charge in [0.2, 0.25) is 5.91 Å². The molecule has 0 aliphatic rings. The molecule has 0 bridgehead atoms. The first-order chi connectivity index (χ1) is 15.7. The van der Waals surface area contributed by atoms with Crippen molar-refractivity contribution in [3.05, 3.63) is 59.7 Å². The van der Waals surface area contributed by atoms with Crippen molar-refractivity contribution in [2.24, 2.45) is 0 Å². The van der Waals surface area contributed by atoms with E-state index in [4.69, 9.17) is 0 Å². The van der Waals surface area contributed by atoms with Crippen molar-refractivity contribution in [3.63, 3.8) is 0 Å². The number of nitrogens with one attached hydrogen (secondary N) is 3. The van der Waals surface area contributed by atoms with Gasteiger partial charge in [-0.15, -0.1) is 0 Å². The fraction of sp³-hybridized carbons (Fsp3) is 0.400. The minimum absolute atomic E-state index is 0.0366. The predicted molar refractivity (Wildman–Crippen MR) is 133 cm³/mol. The quantitative estimate of drug-likeness (QED) is 0.430. The molecule has 8 nitrogen and oxygen atoms in total. The lowest BCUT2D eigenvalue weighted by atomic mass is 10.1. The molecule has 0 aliphatic carbocycles. The van der Waals surface area contributed by atoms with E-state index in [1.54, 1.807) is 48.5 Å². The minimum atomic E-state index is -0.308. The highest BCUT2D eigenvalue weighted by Gasteiger charge is 2.11.